The number of nitrogens with zero attached hydrogens (tertiary/aromatic N) is 1. The van der Waals surface area contributed by atoms with Crippen LogP contribution in [0.15, 0.2) is 36.4 Å². The maximum Gasteiger partial charge on any atom is 0.324 e. The van der Waals surface area contributed by atoms with E-state index in [0.717, 1.165) is 17.0 Å². The van der Waals surface area contributed by atoms with E-state index in [0.29, 0.717) is 0 Å². The summed E-state index contributed by atoms with van der Waals surface area (Å²) < 4.78 is 0. The van der Waals surface area contributed by atoms with Crippen molar-refractivity contribution in [3.05, 3.63) is 36.4 Å². The third-order valence-electron chi connectivity index (χ3n) is 2.62. The van der Waals surface area contributed by atoms with E-state index in [-0.39, 0.29) is 34.4 Å². The number of hydrogen-bond donors (Lipinski definition) is 5. The van der Waals surface area contributed by atoms with Gasteiger partial charge in [0.2, 0.25) is 0 Å². The maximum atomic E-state index is 11.6. The fourth-order valence-electron chi connectivity index (χ4n) is 1.75. The summed E-state index contributed by atoms with van der Waals surface area (Å²) in [6, 6.07) is 5.97. The molecule has 20 heavy (non-hydrogen) atoms. The summed E-state index contributed by atoms with van der Waals surface area (Å²) in [5.41, 5.74) is 4.99. The molecule has 0 heterocycles. The smallest absolute Gasteiger partial charge is 0.324 e. The Hall–Kier alpha value is -3.09. The van der Waals surface area contributed by atoms with Crippen molar-refractivity contribution in [1.82, 2.24) is 0 Å². The number of amides is 2. The van der Waals surface area contributed by atoms with Crippen LogP contribution in [-0.4, -0.2) is 26.5 Å². The quantitative estimate of drug-likeness (QED) is 0.534. The highest BCUT2D eigenvalue weighted by Gasteiger charge is 2.22. The number of nitrogens with two attached hydrogens (primary N) is 1. The molecule has 2 aromatic carbocycles. The minimum atomic E-state index is -1.01. The molecule has 2 aromatic rings. The highest BCUT2D eigenvalue weighted by molar-refractivity contribution is 6.01. The van der Waals surface area contributed by atoms with Gasteiger partial charge in [0.05, 0.1) is 11.4 Å². The van der Waals surface area contributed by atoms with Gasteiger partial charge >= 0.3 is 6.03 Å². The number of anilines is 2. The standard InChI is InChI=1S/C13H12N2O5/c14-13(20)15(9-5-7(16)1-3-11(9)18)10-6-8(17)2-4-12(10)19/h1-6,16-19H,(H2,14,20). The van der Waals surface area contributed by atoms with Gasteiger partial charge in [0.1, 0.15) is 23.0 Å². The molecule has 0 radical (unpaired) electrons. The number of urea groups is 1. The molecule has 0 saturated carbocycles. The molecular weight excluding hydrogens is 264 g/mol. The Balaban J connectivity index is 2.65. The van der Waals surface area contributed by atoms with Crippen LogP contribution in [0.3, 0.4) is 0 Å². The van der Waals surface area contributed by atoms with Gasteiger partial charge in [-0.3, -0.25) is 4.90 Å². The molecule has 2 amide bonds. The largest absolute Gasteiger partial charge is 0.508 e. The maximum absolute atomic E-state index is 11.6. The van der Waals surface area contributed by atoms with E-state index in [9.17, 15) is 25.2 Å². The van der Waals surface area contributed by atoms with Crippen molar-refractivity contribution in [2.24, 2.45) is 5.73 Å². The van der Waals surface area contributed by atoms with Gasteiger partial charge in [-0.25, -0.2) is 4.79 Å². The number of aromatic hydroxyl groups is 4. The van der Waals surface area contributed by atoms with E-state index in [1.807, 2.05) is 0 Å². The Morgan fingerprint density at radius 1 is 0.850 bits per heavy atom. The van der Waals surface area contributed by atoms with Gasteiger partial charge in [-0.15, -0.1) is 0 Å². The molecule has 7 nitrogen and oxygen atoms in total. The molecule has 0 atom stereocenters. The van der Waals surface area contributed by atoms with Crippen molar-refractivity contribution in [3.8, 4) is 23.0 Å². The number of phenols is 4. The second kappa shape index (κ2) is 4.88. The van der Waals surface area contributed by atoms with Crippen molar-refractivity contribution < 1.29 is 25.2 Å². The van der Waals surface area contributed by atoms with Crippen LogP contribution in [-0.2, 0) is 0 Å². The molecule has 0 saturated heterocycles. The molecule has 0 unspecified atom stereocenters. The average Bonchev–Trinajstić information content (AvgIpc) is 2.37. The predicted octanol–water partition coefficient (Wildman–Crippen LogP) is 1.73. The first-order valence-electron chi connectivity index (χ1n) is 5.53. The number of carbonyl (C=O) groups excluding carboxylic acids is 1. The molecule has 0 spiro atoms. The molecule has 0 aromatic heterocycles. The first-order chi connectivity index (χ1) is 9.40. The SMILES string of the molecule is NC(=O)N(c1cc(O)ccc1O)c1cc(O)ccc1O. The first-order valence-corrected chi connectivity index (χ1v) is 5.53. The normalized spacial score (nSPS) is 10.2. The second-order valence-electron chi connectivity index (χ2n) is 4.02. The van der Waals surface area contributed by atoms with Crippen LogP contribution in [0.4, 0.5) is 16.2 Å². The van der Waals surface area contributed by atoms with Gasteiger partial charge < -0.3 is 26.2 Å². The summed E-state index contributed by atoms with van der Waals surface area (Å²) in [5, 5.41) is 38.4. The summed E-state index contributed by atoms with van der Waals surface area (Å²) in [6.07, 6.45) is 0. The number of benzene rings is 2. The first kappa shape index (κ1) is 13.3. The number of rotatable bonds is 2. The molecule has 0 aliphatic rings. The summed E-state index contributed by atoms with van der Waals surface area (Å²) in [5.74, 6) is -1.07. The van der Waals surface area contributed by atoms with Crippen molar-refractivity contribution in [2.45, 2.75) is 0 Å². The summed E-state index contributed by atoms with van der Waals surface area (Å²) in [6.45, 7) is 0. The van der Waals surface area contributed by atoms with Crippen LogP contribution in [0, 0.1) is 0 Å². The Labute approximate surface area is 113 Å². The summed E-state index contributed by atoms with van der Waals surface area (Å²) in [4.78, 5) is 12.4. The Bertz CT molecular complexity index is 620. The van der Waals surface area contributed by atoms with E-state index >= 15 is 0 Å². The zero-order chi connectivity index (χ0) is 14.9. The minimum absolute atomic E-state index is 0.126. The predicted molar refractivity (Wildman–Crippen MR) is 71.3 cm³/mol. The lowest BCUT2D eigenvalue weighted by atomic mass is 10.2. The van der Waals surface area contributed by atoms with E-state index in [2.05, 4.69) is 0 Å². The fraction of sp³-hybridized carbons (Fsp3) is 0. The van der Waals surface area contributed by atoms with Gasteiger partial charge in [0.25, 0.3) is 0 Å². The van der Waals surface area contributed by atoms with E-state index in [1.165, 1.54) is 24.3 Å². The molecule has 6 N–H and O–H groups in total. The summed E-state index contributed by atoms with van der Waals surface area (Å²) in [7, 11) is 0. The van der Waals surface area contributed by atoms with Gasteiger partial charge in [-0.05, 0) is 24.3 Å². The lowest BCUT2D eigenvalue weighted by molar-refractivity contribution is 0.255. The van der Waals surface area contributed by atoms with Crippen LogP contribution in [0.2, 0.25) is 0 Å². The van der Waals surface area contributed by atoms with E-state index in [1.54, 1.807) is 0 Å². The molecule has 0 bridgehead atoms. The fourth-order valence-corrected chi connectivity index (χ4v) is 1.75. The third-order valence-corrected chi connectivity index (χ3v) is 2.62. The van der Waals surface area contributed by atoms with Crippen LogP contribution in [0.5, 0.6) is 23.0 Å². The Kier molecular flexibility index (Phi) is 3.26. The average molecular weight is 276 g/mol. The highest BCUT2D eigenvalue weighted by atomic mass is 16.3. The van der Waals surface area contributed by atoms with Gasteiger partial charge in [0.15, 0.2) is 0 Å². The second-order valence-corrected chi connectivity index (χ2v) is 4.02. The van der Waals surface area contributed by atoms with Gasteiger partial charge in [-0.2, -0.15) is 0 Å². The number of carbonyl (C=O) groups is 1. The molecule has 0 fully saturated rings. The molecule has 0 aliphatic carbocycles. The lowest BCUT2D eigenvalue weighted by Gasteiger charge is -2.22. The summed E-state index contributed by atoms with van der Waals surface area (Å²) >= 11 is 0. The van der Waals surface area contributed by atoms with Gasteiger partial charge in [0, 0.05) is 12.1 Å². The number of hydrogen-bond acceptors (Lipinski definition) is 5. The number of primary amides is 1. The third kappa shape index (κ3) is 2.37. The number of phenolic OH excluding ortho intramolecular Hbond substituents is 4. The monoisotopic (exact) mass is 276 g/mol. The topological polar surface area (TPSA) is 127 Å². The van der Waals surface area contributed by atoms with Crippen molar-refractivity contribution >= 4 is 17.4 Å². The molecule has 0 aliphatic heterocycles. The van der Waals surface area contributed by atoms with Crippen LogP contribution in [0.1, 0.15) is 0 Å². The van der Waals surface area contributed by atoms with Crippen LogP contribution >= 0.6 is 0 Å². The minimum Gasteiger partial charge on any atom is -0.508 e. The van der Waals surface area contributed by atoms with E-state index < -0.39 is 6.03 Å². The molecule has 104 valence electrons. The van der Waals surface area contributed by atoms with Gasteiger partial charge in [-0.1, -0.05) is 0 Å². The van der Waals surface area contributed by atoms with Crippen molar-refractivity contribution in [3.63, 3.8) is 0 Å². The molecular formula is C13H12N2O5. The Morgan fingerprint density at radius 3 is 1.60 bits per heavy atom. The lowest BCUT2D eigenvalue weighted by Crippen LogP contribution is -2.31. The molecule has 7 heteroatoms. The zero-order valence-electron chi connectivity index (χ0n) is 10.2. The van der Waals surface area contributed by atoms with Crippen molar-refractivity contribution in [2.75, 3.05) is 4.90 Å². The van der Waals surface area contributed by atoms with Crippen molar-refractivity contribution in [1.29, 1.82) is 0 Å². The van der Waals surface area contributed by atoms with Crippen LogP contribution < -0.4 is 10.6 Å². The van der Waals surface area contributed by atoms with Crippen LogP contribution in [0.25, 0.3) is 0 Å². The zero-order valence-corrected chi connectivity index (χ0v) is 10.2. The molecule has 2 rings (SSSR count). The van der Waals surface area contributed by atoms with E-state index in [4.69, 9.17) is 5.73 Å². The Morgan fingerprint density at radius 2 is 1.25 bits per heavy atom. The highest BCUT2D eigenvalue weighted by Crippen LogP contribution is 2.40.